The van der Waals surface area contributed by atoms with Crippen LogP contribution in [0.5, 0.6) is 5.75 Å². The van der Waals surface area contributed by atoms with Gasteiger partial charge >= 0.3 is 0 Å². The van der Waals surface area contributed by atoms with Crippen LogP contribution < -0.4 is 10.6 Å². The van der Waals surface area contributed by atoms with Gasteiger partial charge in [-0.25, -0.2) is 20.2 Å². The fourth-order valence-corrected chi connectivity index (χ4v) is 2.51. The number of carbonyl (C=O) groups excluding carboxylic acids is 1. The van der Waals surface area contributed by atoms with Crippen molar-refractivity contribution in [2.24, 2.45) is 5.84 Å². The number of hydrogen-bond acceptors (Lipinski definition) is 5. The predicted octanol–water partition coefficient (Wildman–Crippen LogP) is 3.20. The molecular formula is C20H19FN4O2. The normalized spacial score (nSPS) is 10.5. The van der Waals surface area contributed by atoms with Crippen LogP contribution in [0.2, 0.25) is 0 Å². The molecular weight excluding hydrogens is 347 g/mol. The lowest BCUT2D eigenvalue weighted by Gasteiger charge is -2.16. The van der Waals surface area contributed by atoms with E-state index >= 15 is 0 Å². The van der Waals surface area contributed by atoms with Gasteiger partial charge < -0.3 is 4.74 Å². The Balaban J connectivity index is 1.78. The second-order valence-electron chi connectivity index (χ2n) is 5.75. The van der Waals surface area contributed by atoms with Crippen molar-refractivity contribution in [2.45, 2.75) is 13.5 Å². The number of hydrogen-bond donors (Lipinski definition) is 1. The van der Waals surface area contributed by atoms with E-state index in [1.54, 1.807) is 18.2 Å². The third kappa shape index (κ3) is 4.45. The molecule has 0 fully saturated rings. The lowest BCUT2D eigenvalue weighted by atomic mass is 10.2. The van der Waals surface area contributed by atoms with E-state index in [1.165, 1.54) is 18.3 Å². The summed E-state index contributed by atoms with van der Waals surface area (Å²) in [5, 5.41) is 0.933. The maximum Gasteiger partial charge on any atom is 0.286 e. The molecule has 1 amide bonds. The van der Waals surface area contributed by atoms with Crippen LogP contribution in [-0.2, 0) is 6.54 Å². The van der Waals surface area contributed by atoms with Gasteiger partial charge in [0.05, 0.1) is 13.2 Å². The Morgan fingerprint density at radius 3 is 2.59 bits per heavy atom. The van der Waals surface area contributed by atoms with Crippen LogP contribution in [0.25, 0.3) is 11.4 Å². The van der Waals surface area contributed by atoms with E-state index in [9.17, 15) is 9.18 Å². The van der Waals surface area contributed by atoms with Gasteiger partial charge in [-0.2, -0.15) is 0 Å². The van der Waals surface area contributed by atoms with Crippen molar-refractivity contribution in [1.29, 1.82) is 0 Å². The van der Waals surface area contributed by atoms with Crippen molar-refractivity contribution in [1.82, 2.24) is 15.0 Å². The molecule has 3 aromatic rings. The first-order valence-corrected chi connectivity index (χ1v) is 8.44. The largest absolute Gasteiger partial charge is 0.494 e. The van der Waals surface area contributed by atoms with Crippen molar-refractivity contribution in [3.8, 4) is 17.1 Å². The average molecular weight is 366 g/mol. The SMILES string of the molecule is CCOc1ccc(-c2nccc(C(=O)N(N)Cc3ccccc3F)n2)cc1. The lowest BCUT2D eigenvalue weighted by molar-refractivity contribution is 0.0735. The van der Waals surface area contributed by atoms with Gasteiger partial charge in [-0.15, -0.1) is 0 Å². The Labute approximate surface area is 156 Å². The number of carbonyl (C=O) groups is 1. The van der Waals surface area contributed by atoms with Crippen LogP contribution in [0.4, 0.5) is 4.39 Å². The Hall–Kier alpha value is -3.32. The van der Waals surface area contributed by atoms with Crippen LogP contribution in [0.15, 0.2) is 60.8 Å². The zero-order valence-corrected chi connectivity index (χ0v) is 14.8. The molecule has 138 valence electrons. The number of nitrogens with zero attached hydrogens (tertiary/aromatic N) is 3. The molecule has 1 heterocycles. The summed E-state index contributed by atoms with van der Waals surface area (Å²) >= 11 is 0. The van der Waals surface area contributed by atoms with Gasteiger partial charge in [-0.3, -0.25) is 9.80 Å². The Kier molecular flexibility index (Phi) is 5.73. The number of benzene rings is 2. The third-order valence-electron chi connectivity index (χ3n) is 3.86. The average Bonchev–Trinajstić information content (AvgIpc) is 2.70. The Morgan fingerprint density at radius 1 is 1.15 bits per heavy atom. The molecule has 3 rings (SSSR count). The highest BCUT2D eigenvalue weighted by molar-refractivity contribution is 5.92. The highest BCUT2D eigenvalue weighted by Crippen LogP contribution is 2.20. The molecule has 7 heteroatoms. The number of ether oxygens (including phenoxy) is 1. The molecule has 0 radical (unpaired) electrons. The number of amides is 1. The predicted molar refractivity (Wildman–Crippen MR) is 99.1 cm³/mol. The number of nitrogens with two attached hydrogens (primary N) is 1. The summed E-state index contributed by atoms with van der Waals surface area (Å²) in [6.07, 6.45) is 1.49. The van der Waals surface area contributed by atoms with E-state index in [1.807, 2.05) is 31.2 Å². The molecule has 0 bridgehead atoms. The summed E-state index contributed by atoms with van der Waals surface area (Å²) < 4.78 is 19.2. The molecule has 0 saturated carbocycles. The smallest absolute Gasteiger partial charge is 0.286 e. The summed E-state index contributed by atoms with van der Waals surface area (Å²) in [6, 6.07) is 14.9. The van der Waals surface area contributed by atoms with E-state index in [0.717, 1.165) is 16.3 Å². The first-order chi connectivity index (χ1) is 13.1. The Morgan fingerprint density at radius 2 is 1.89 bits per heavy atom. The van der Waals surface area contributed by atoms with Gasteiger partial charge in [0.25, 0.3) is 5.91 Å². The zero-order valence-electron chi connectivity index (χ0n) is 14.8. The number of hydrazine groups is 1. The molecule has 2 N–H and O–H groups in total. The highest BCUT2D eigenvalue weighted by atomic mass is 19.1. The minimum absolute atomic E-state index is 0.0616. The zero-order chi connectivity index (χ0) is 19.2. The Bertz CT molecular complexity index is 931. The van der Waals surface area contributed by atoms with E-state index in [-0.39, 0.29) is 12.2 Å². The molecule has 2 aromatic carbocycles. The second-order valence-corrected chi connectivity index (χ2v) is 5.75. The topological polar surface area (TPSA) is 81.3 Å². The maximum atomic E-state index is 13.8. The summed E-state index contributed by atoms with van der Waals surface area (Å²) in [5.74, 6) is 6.03. The monoisotopic (exact) mass is 366 g/mol. The van der Waals surface area contributed by atoms with E-state index < -0.39 is 11.7 Å². The van der Waals surface area contributed by atoms with Crippen LogP contribution in [0, 0.1) is 5.82 Å². The van der Waals surface area contributed by atoms with Gasteiger partial charge in [0.1, 0.15) is 17.3 Å². The lowest BCUT2D eigenvalue weighted by Crippen LogP contribution is -2.37. The van der Waals surface area contributed by atoms with Crippen molar-refractivity contribution in [3.63, 3.8) is 0 Å². The van der Waals surface area contributed by atoms with Crippen LogP contribution in [-0.4, -0.2) is 27.5 Å². The molecule has 0 unspecified atom stereocenters. The molecule has 1 aromatic heterocycles. The standard InChI is InChI=1S/C20H19FN4O2/c1-2-27-16-9-7-14(8-10-16)19-23-12-11-18(24-19)20(26)25(22)13-15-5-3-4-6-17(15)21/h3-12H,2,13,22H2,1H3. The molecule has 0 saturated heterocycles. The minimum atomic E-state index is -0.521. The number of aromatic nitrogens is 2. The fraction of sp³-hybridized carbons (Fsp3) is 0.150. The van der Waals surface area contributed by atoms with Crippen molar-refractivity contribution >= 4 is 5.91 Å². The first-order valence-electron chi connectivity index (χ1n) is 8.44. The molecule has 0 spiro atoms. The second kappa shape index (κ2) is 8.37. The maximum absolute atomic E-state index is 13.8. The number of halogens is 1. The summed E-state index contributed by atoms with van der Waals surface area (Å²) in [5.41, 5.74) is 1.20. The van der Waals surface area contributed by atoms with Crippen molar-refractivity contribution < 1.29 is 13.9 Å². The van der Waals surface area contributed by atoms with Crippen molar-refractivity contribution in [2.75, 3.05) is 6.61 Å². The van der Waals surface area contributed by atoms with E-state index in [4.69, 9.17) is 10.6 Å². The fourth-order valence-electron chi connectivity index (χ4n) is 2.51. The minimum Gasteiger partial charge on any atom is -0.494 e. The quantitative estimate of drug-likeness (QED) is 0.412. The third-order valence-corrected chi connectivity index (χ3v) is 3.86. The highest BCUT2D eigenvalue weighted by Gasteiger charge is 2.17. The van der Waals surface area contributed by atoms with Crippen LogP contribution >= 0.6 is 0 Å². The molecule has 0 aliphatic rings. The van der Waals surface area contributed by atoms with Gasteiger partial charge in [-0.05, 0) is 43.3 Å². The van der Waals surface area contributed by atoms with E-state index in [0.29, 0.717) is 18.0 Å². The summed E-state index contributed by atoms with van der Waals surface area (Å²) in [6.45, 7) is 2.42. The van der Waals surface area contributed by atoms with Gasteiger partial charge in [0, 0.05) is 17.3 Å². The summed E-state index contributed by atoms with van der Waals surface area (Å²) in [7, 11) is 0. The molecule has 27 heavy (non-hydrogen) atoms. The van der Waals surface area contributed by atoms with E-state index in [2.05, 4.69) is 9.97 Å². The molecule has 0 aliphatic carbocycles. The molecule has 6 nitrogen and oxygen atoms in total. The van der Waals surface area contributed by atoms with Crippen molar-refractivity contribution in [3.05, 3.63) is 77.9 Å². The molecule has 0 atom stereocenters. The molecule has 0 aliphatic heterocycles. The first kappa shape index (κ1) is 18.5. The van der Waals surface area contributed by atoms with Crippen LogP contribution in [0.3, 0.4) is 0 Å². The van der Waals surface area contributed by atoms with Crippen LogP contribution in [0.1, 0.15) is 23.0 Å². The van der Waals surface area contributed by atoms with Gasteiger partial charge in [0.15, 0.2) is 5.82 Å². The van der Waals surface area contributed by atoms with Gasteiger partial charge in [-0.1, -0.05) is 18.2 Å². The van der Waals surface area contributed by atoms with Gasteiger partial charge in [0.2, 0.25) is 0 Å². The summed E-state index contributed by atoms with van der Waals surface area (Å²) in [4.78, 5) is 21.0. The number of rotatable bonds is 6.